The first-order valence-corrected chi connectivity index (χ1v) is 9.04. The SMILES string of the molecule is CCCC1CCC(N)C(SC2CCCC(C)C2)C1. The quantitative estimate of drug-likeness (QED) is 0.807. The zero-order valence-electron chi connectivity index (χ0n) is 12.2. The summed E-state index contributed by atoms with van der Waals surface area (Å²) in [7, 11) is 0. The molecule has 0 saturated heterocycles. The van der Waals surface area contributed by atoms with Crippen molar-refractivity contribution in [1.29, 1.82) is 0 Å². The second-order valence-electron chi connectivity index (χ2n) is 6.70. The van der Waals surface area contributed by atoms with E-state index in [0.717, 1.165) is 22.3 Å². The second kappa shape index (κ2) is 7.19. The maximum Gasteiger partial charge on any atom is 0.0204 e. The molecular weight excluding hydrogens is 238 g/mol. The zero-order chi connectivity index (χ0) is 13.0. The Hall–Kier alpha value is 0.310. The van der Waals surface area contributed by atoms with E-state index in [1.807, 2.05) is 0 Å². The molecule has 2 rings (SSSR count). The minimum absolute atomic E-state index is 0.473. The van der Waals surface area contributed by atoms with Crippen molar-refractivity contribution in [3.05, 3.63) is 0 Å². The van der Waals surface area contributed by atoms with Gasteiger partial charge in [-0.2, -0.15) is 11.8 Å². The monoisotopic (exact) mass is 269 g/mol. The maximum atomic E-state index is 6.37. The van der Waals surface area contributed by atoms with Gasteiger partial charge in [-0.25, -0.2) is 0 Å². The lowest BCUT2D eigenvalue weighted by Crippen LogP contribution is -2.39. The third-order valence-corrected chi connectivity index (χ3v) is 6.61. The Labute approximate surface area is 118 Å². The number of hydrogen-bond donors (Lipinski definition) is 1. The van der Waals surface area contributed by atoms with Crippen molar-refractivity contribution in [3.63, 3.8) is 0 Å². The van der Waals surface area contributed by atoms with Gasteiger partial charge in [0.25, 0.3) is 0 Å². The van der Waals surface area contributed by atoms with E-state index in [4.69, 9.17) is 5.73 Å². The van der Waals surface area contributed by atoms with E-state index in [9.17, 15) is 0 Å². The molecule has 1 nitrogen and oxygen atoms in total. The smallest absolute Gasteiger partial charge is 0.0204 e. The molecule has 0 aliphatic heterocycles. The summed E-state index contributed by atoms with van der Waals surface area (Å²) in [6.07, 6.45) is 12.6. The van der Waals surface area contributed by atoms with Crippen LogP contribution < -0.4 is 5.73 Å². The Kier molecular flexibility index (Phi) is 5.88. The molecule has 18 heavy (non-hydrogen) atoms. The topological polar surface area (TPSA) is 26.0 Å². The average Bonchev–Trinajstić information content (AvgIpc) is 2.34. The van der Waals surface area contributed by atoms with Crippen LogP contribution in [0.3, 0.4) is 0 Å². The zero-order valence-corrected chi connectivity index (χ0v) is 13.1. The van der Waals surface area contributed by atoms with Crippen LogP contribution in [-0.4, -0.2) is 16.5 Å². The van der Waals surface area contributed by atoms with E-state index < -0.39 is 0 Å². The fourth-order valence-electron chi connectivity index (χ4n) is 3.81. The number of nitrogens with two attached hydrogens (primary N) is 1. The fourth-order valence-corrected chi connectivity index (χ4v) is 5.77. The number of rotatable bonds is 4. The van der Waals surface area contributed by atoms with Crippen molar-refractivity contribution in [2.45, 2.75) is 88.2 Å². The van der Waals surface area contributed by atoms with E-state index in [0.29, 0.717) is 6.04 Å². The molecule has 0 aromatic carbocycles. The molecule has 2 fully saturated rings. The molecule has 106 valence electrons. The molecule has 0 aromatic heterocycles. The van der Waals surface area contributed by atoms with Crippen molar-refractivity contribution >= 4 is 11.8 Å². The highest BCUT2D eigenvalue weighted by Gasteiger charge is 2.31. The van der Waals surface area contributed by atoms with Crippen LogP contribution in [0, 0.1) is 11.8 Å². The largest absolute Gasteiger partial charge is 0.327 e. The van der Waals surface area contributed by atoms with Gasteiger partial charge in [-0.15, -0.1) is 0 Å². The first kappa shape index (κ1) is 14.7. The highest BCUT2D eigenvalue weighted by molar-refractivity contribution is 8.00. The summed E-state index contributed by atoms with van der Waals surface area (Å²) in [5.41, 5.74) is 6.37. The fraction of sp³-hybridized carbons (Fsp3) is 1.00. The minimum Gasteiger partial charge on any atom is -0.327 e. The van der Waals surface area contributed by atoms with Gasteiger partial charge in [0.2, 0.25) is 0 Å². The standard InChI is InChI=1S/C16H31NS/c1-3-5-13-8-9-15(17)16(11-13)18-14-7-4-6-12(2)10-14/h12-16H,3-11,17H2,1-2H3. The Morgan fingerprint density at radius 2 is 1.94 bits per heavy atom. The van der Waals surface area contributed by atoms with Crippen LogP contribution in [0.15, 0.2) is 0 Å². The number of hydrogen-bond acceptors (Lipinski definition) is 2. The highest BCUT2D eigenvalue weighted by Crippen LogP contribution is 2.40. The second-order valence-corrected chi connectivity index (χ2v) is 8.24. The summed E-state index contributed by atoms with van der Waals surface area (Å²) in [6, 6.07) is 0.473. The lowest BCUT2D eigenvalue weighted by Gasteiger charge is -2.37. The molecule has 0 aromatic rings. The summed E-state index contributed by atoms with van der Waals surface area (Å²) in [6.45, 7) is 4.74. The van der Waals surface area contributed by atoms with Gasteiger partial charge in [-0.1, -0.05) is 39.5 Å². The van der Waals surface area contributed by atoms with Crippen LogP contribution in [0.1, 0.15) is 71.6 Å². The molecule has 0 spiro atoms. The molecule has 0 bridgehead atoms. The first-order chi connectivity index (χ1) is 8.69. The molecule has 2 heteroatoms. The first-order valence-electron chi connectivity index (χ1n) is 8.10. The molecule has 2 aliphatic rings. The van der Waals surface area contributed by atoms with E-state index in [2.05, 4.69) is 25.6 Å². The van der Waals surface area contributed by atoms with Crippen LogP contribution in [0.2, 0.25) is 0 Å². The van der Waals surface area contributed by atoms with Crippen molar-refractivity contribution in [3.8, 4) is 0 Å². The normalized spacial score (nSPS) is 41.8. The highest BCUT2D eigenvalue weighted by atomic mass is 32.2. The third kappa shape index (κ3) is 4.16. The summed E-state index contributed by atoms with van der Waals surface area (Å²) in [5, 5.41) is 1.66. The Morgan fingerprint density at radius 1 is 1.11 bits per heavy atom. The minimum atomic E-state index is 0.473. The van der Waals surface area contributed by atoms with Gasteiger partial charge >= 0.3 is 0 Å². The lowest BCUT2D eigenvalue weighted by molar-refractivity contribution is 0.314. The van der Waals surface area contributed by atoms with Crippen LogP contribution in [-0.2, 0) is 0 Å². The average molecular weight is 269 g/mol. The van der Waals surface area contributed by atoms with E-state index in [1.54, 1.807) is 0 Å². The molecule has 2 aliphatic carbocycles. The van der Waals surface area contributed by atoms with E-state index >= 15 is 0 Å². The van der Waals surface area contributed by atoms with Crippen LogP contribution >= 0.6 is 11.8 Å². The summed E-state index contributed by atoms with van der Waals surface area (Å²) >= 11 is 2.26. The molecule has 5 atom stereocenters. The lowest BCUT2D eigenvalue weighted by atomic mass is 9.83. The van der Waals surface area contributed by atoms with Crippen LogP contribution in [0.4, 0.5) is 0 Å². The van der Waals surface area contributed by atoms with Crippen molar-refractivity contribution in [2.75, 3.05) is 0 Å². The molecule has 5 unspecified atom stereocenters. The predicted molar refractivity (Wildman–Crippen MR) is 83.0 cm³/mol. The summed E-state index contributed by atoms with van der Waals surface area (Å²) in [5.74, 6) is 1.91. The Morgan fingerprint density at radius 3 is 2.67 bits per heavy atom. The van der Waals surface area contributed by atoms with Crippen LogP contribution in [0.25, 0.3) is 0 Å². The van der Waals surface area contributed by atoms with Gasteiger partial charge < -0.3 is 5.73 Å². The molecule has 2 N–H and O–H groups in total. The molecule has 0 heterocycles. The van der Waals surface area contributed by atoms with Gasteiger partial charge in [0, 0.05) is 16.5 Å². The van der Waals surface area contributed by atoms with Gasteiger partial charge in [0.15, 0.2) is 0 Å². The summed E-state index contributed by atoms with van der Waals surface area (Å²) < 4.78 is 0. The molecule has 0 amide bonds. The molecular formula is C16H31NS. The van der Waals surface area contributed by atoms with Gasteiger partial charge in [-0.05, 0) is 43.9 Å². The van der Waals surface area contributed by atoms with Gasteiger partial charge in [0.05, 0.1) is 0 Å². The van der Waals surface area contributed by atoms with Crippen molar-refractivity contribution in [1.82, 2.24) is 0 Å². The van der Waals surface area contributed by atoms with Crippen molar-refractivity contribution in [2.24, 2.45) is 17.6 Å². The molecule has 0 radical (unpaired) electrons. The number of thioether (sulfide) groups is 1. The third-order valence-electron chi connectivity index (χ3n) is 4.90. The summed E-state index contributed by atoms with van der Waals surface area (Å²) in [4.78, 5) is 0. The van der Waals surface area contributed by atoms with Gasteiger partial charge in [-0.3, -0.25) is 0 Å². The molecule has 2 saturated carbocycles. The van der Waals surface area contributed by atoms with Crippen LogP contribution in [0.5, 0.6) is 0 Å². The van der Waals surface area contributed by atoms with E-state index in [1.165, 1.54) is 57.8 Å². The van der Waals surface area contributed by atoms with Crippen molar-refractivity contribution < 1.29 is 0 Å². The van der Waals surface area contributed by atoms with Gasteiger partial charge in [0.1, 0.15) is 0 Å². The Balaban J connectivity index is 1.82. The maximum absolute atomic E-state index is 6.37. The Bertz CT molecular complexity index is 243. The van der Waals surface area contributed by atoms with E-state index in [-0.39, 0.29) is 0 Å². The predicted octanol–water partition coefficient (Wildman–Crippen LogP) is 4.59.